The standard InChI is InChI=1S/C20H25N5O6S/c1-20(14-24-11-17(25(27)28)21-18(24)31-20)13-22-7-9-23(10-8-22)19(26)30-12-15-3-5-16(6-4-15)32(2)29/h3-6,11H,7-10,12-14H2,1-2H3. The quantitative estimate of drug-likeness (QED) is 0.359. The largest absolute Gasteiger partial charge is 0.612 e. The second-order valence-electron chi connectivity index (χ2n) is 8.23. The molecule has 2 aliphatic rings. The van der Waals surface area contributed by atoms with E-state index >= 15 is 0 Å². The van der Waals surface area contributed by atoms with Crippen molar-refractivity contribution in [3.63, 3.8) is 0 Å². The molecular weight excluding hydrogens is 438 g/mol. The first kappa shape index (κ1) is 22.4. The molecule has 12 heteroatoms. The first-order valence-corrected chi connectivity index (χ1v) is 11.8. The summed E-state index contributed by atoms with van der Waals surface area (Å²) in [6, 6.07) is 7.43. The number of ether oxygens (including phenoxy) is 2. The Kier molecular flexibility index (Phi) is 6.26. The van der Waals surface area contributed by atoms with Crippen molar-refractivity contribution in [1.29, 1.82) is 0 Å². The van der Waals surface area contributed by atoms with Gasteiger partial charge in [0, 0.05) is 37.7 Å². The Balaban J connectivity index is 1.22. The predicted octanol–water partition coefficient (Wildman–Crippen LogP) is 1.63. The highest BCUT2D eigenvalue weighted by molar-refractivity contribution is 7.90. The zero-order valence-corrected chi connectivity index (χ0v) is 18.7. The number of carbonyl (C=O) groups is 1. The van der Waals surface area contributed by atoms with E-state index in [4.69, 9.17) is 9.47 Å². The van der Waals surface area contributed by atoms with Crippen molar-refractivity contribution in [2.75, 3.05) is 39.0 Å². The van der Waals surface area contributed by atoms with Gasteiger partial charge < -0.3 is 29.0 Å². The third kappa shape index (κ3) is 4.97. The molecule has 0 spiro atoms. The van der Waals surface area contributed by atoms with Gasteiger partial charge in [-0.15, -0.1) is 0 Å². The molecule has 1 fully saturated rings. The Morgan fingerprint density at radius 1 is 1.28 bits per heavy atom. The number of benzene rings is 1. The van der Waals surface area contributed by atoms with Gasteiger partial charge in [0.1, 0.15) is 24.7 Å². The van der Waals surface area contributed by atoms with Crippen LogP contribution in [0.15, 0.2) is 35.4 Å². The highest BCUT2D eigenvalue weighted by Gasteiger charge is 2.42. The summed E-state index contributed by atoms with van der Waals surface area (Å²) in [5.74, 6) is -0.217. The minimum atomic E-state index is -1.04. The van der Waals surface area contributed by atoms with Gasteiger partial charge in [-0.1, -0.05) is 12.1 Å². The van der Waals surface area contributed by atoms with Crippen molar-refractivity contribution in [3.05, 3.63) is 46.1 Å². The molecule has 1 saturated heterocycles. The number of piperazine rings is 1. The van der Waals surface area contributed by atoms with Crippen LogP contribution in [0.5, 0.6) is 6.01 Å². The van der Waals surface area contributed by atoms with Crippen LogP contribution in [-0.2, 0) is 29.1 Å². The molecule has 172 valence electrons. The van der Waals surface area contributed by atoms with E-state index in [9.17, 15) is 19.5 Å². The fraction of sp³-hybridized carbons (Fsp3) is 0.500. The summed E-state index contributed by atoms with van der Waals surface area (Å²) in [5, 5.41) is 10.8. The fourth-order valence-electron chi connectivity index (χ4n) is 3.94. The first-order valence-electron chi connectivity index (χ1n) is 10.2. The van der Waals surface area contributed by atoms with Crippen LogP contribution in [0.3, 0.4) is 0 Å². The van der Waals surface area contributed by atoms with Crippen molar-refractivity contribution < 1.29 is 23.7 Å². The number of hydrogen-bond donors (Lipinski definition) is 0. The predicted molar refractivity (Wildman–Crippen MR) is 115 cm³/mol. The van der Waals surface area contributed by atoms with Gasteiger partial charge in [-0.2, -0.15) is 0 Å². The lowest BCUT2D eigenvalue weighted by Crippen LogP contribution is -2.53. The lowest BCUT2D eigenvalue weighted by Gasteiger charge is -2.37. The Bertz CT molecular complexity index is 963. The Labute approximate surface area is 188 Å². The lowest BCUT2D eigenvalue weighted by molar-refractivity contribution is -0.389. The third-order valence-corrected chi connectivity index (χ3v) is 6.50. The van der Waals surface area contributed by atoms with Gasteiger partial charge in [0.15, 0.2) is 4.90 Å². The number of aromatic nitrogens is 2. The zero-order valence-electron chi connectivity index (χ0n) is 17.9. The van der Waals surface area contributed by atoms with E-state index < -0.39 is 21.7 Å². The molecule has 11 nitrogen and oxygen atoms in total. The highest BCUT2D eigenvalue weighted by Crippen LogP contribution is 2.31. The van der Waals surface area contributed by atoms with Gasteiger partial charge in [0.05, 0.1) is 6.54 Å². The molecule has 0 bridgehead atoms. The van der Waals surface area contributed by atoms with Crippen molar-refractivity contribution in [3.8, 4) is 6.01 Å². The van der Waals surface area contributed by atoms with Crippen LogP contribution in [0.25, 0.3) is 0 Å². The molecule has 1 amide bonds. The van der Waals surface area contributed by atoms with Crippen LogP contribution in [0.4, 0.5) is 10.6 Å². The van der Waals surface area contributed by atoms with E-state index in [1.165, 1.54) is 6.20 Å². The summed E-state index contributed by atoms with van der Waals surface area (Å²) in [5.41, 5.74) is 0.310. The molecule has 1 aromatic carbocycles. The third-order valence-electron chi connectivity index (χ3n) is 5.56. The average Bonchev–Trinajstić information content (AvgIpc) is 3.28. The van der Waals surface area contributed by atoms with Crippen molar-refractivity contribution in [1.82, 2.24) is 19.4 Å². The van der Waals surface area contributed by atoms with Gasteiger partial charge in [-0.05, 0) is 40.7 Å². The minimum absolute atomic E-state index is 0.166. The summed E-state index contributed by atoms with van der Waals surface area (Å²) in [6.45, 7) is 5.65. The van der Waals surface area contributed by atoms with Crippen molar-refractivity contribution >= 4 is 23.1 Å². The van der Waals surface area contributed by atoms with Crippen molar-refractivity contribution in [2.24, 2.45) is 0 Å². The summed E-state index contributed by atoms with van der Waals surface area (Å²) in [4.78, 5) is 31.2. The summed E-state index contributed by atoms with van der Waals surface area (Å²) in [7, 11) is 0. The molecule has 4 rings (SSSR count). The summed E-state index contributed by atoms with van der Waals surface area (Å²) < 4.78 is 24.4. The molecule has 0 aliphatic carbocycles. The van der Waals surface area contributed by atoms with E-state index in [-0.39, 0.29) is 24.5 Å². The van der Waals surface area contributed by atoms with Gasteiger partial charge in [0.25, 0.3) is 0 Å². The first-order chi connectivity index (χ1) is 15.2. The summed E-state index contributed by atoms with van der Waals surface area (Å²) >= 11 is -1.04. The smallest absolute Gasteiger partial charge is 0.415 e. The molecule has 2 aromatic rings. The van der Waals surface area contributed by atoms with Crippen LogP contribution in [-0.4, -0.2) is 79.5 Å². The van der Waals surface area contributed by atoms with E-state index in [1.54, 1.807) is 27.9 Å². The molecule has 1 aromatic heterocycles. The Hall–Kier alpha value is -2.83. The molecule has 3 heterocycles. The maximum Gasteiger partial charge on any atom is 0.415 e. The number of fused-ring (bicyclic) bond motifs is 1. The Morgan fingerprint density at radius 2 is 1.97 bits per heavy atom. The number of nitrogens with zero attached hydrogens (tertiary/aromatic N) is 5. The maximum absolute atomic E-state index is 12.4. The molecule has 0 saturated carbocycles. The van der Waals surface area contributed by atoms with Gasteiger partial charge in [0.2, 0.25) is 0 Å². The molecule has 32 heavy (non-hydrogen) atoms. The highest BCUT2D eigenvalue weighted by atomic mass is 32.2. The number of rotatable bonds is 6. The average molecular weight is 464 g/mol. The second-order valence-corrected chi connectivity index (χ2v) is 9.61. The Morgan fingerprint density at radius 3 is 2.56 bits per heavy atom. The number of nitro groups is 1. The molecule has 2 aliphatic heterocycles. The SMILES string of the molecule is C[S+]([O-])c1ccc(COC(=O)N2CCN(CC3(C)Cn4cc([N+](=O)[O-])nc4O3)CC2)cc1. The van der Waals surface area contributed by atoms with Crippen LogP contribution in [0.2, 0.25) is 0 Å². The molecular formula is C20H25N5O6S. The van der Waals surface area contributed by atoms with Gasteiger partial charge in [-0.3, -0.25) is 9.47 Å². The lowest BCUT2D eigenvalue weighted by atomic mass is 10.1. The molecule has 2 unspecified atom stereocenters. The number of hydrogen-bond acceptors (Lipinski definition) is 8. The van der Waals surface area contributed by atoms with Gasteiger partial charge >= 0.3 is 17.9 Å². The fourth-order valence-corrected chi connectivity index (χ4v) is 4.46. The zero-order chi connectivity index (χ0) is 22.9. The number of amides is 1. The number of carbonyl (C=O) groups excluding carboxylic acids is 1. The van der Waals surface area contributed by atoms with Crippen molar-refractivity contribution in [2.45, 2.75) is 30.6 Å². The van der Waals surface area contributed by atoms with E-state index in [2.05, 4.69) is 9.88 Å². The molecule has 0 radical (unpaired) electrons. The van der Waals surface area contributed by atoms with E-state index in [0.717, 1.165) is 10.5 Å². The van der Waals surface area contributed by atoms with Crippen LogP contribution in [0.1, 0.15) is 12.5 Å². The van der Waals surface area contributed by atoms with E-state index in [0.29, 0.717) is 39.3 Å². The number of imidazole rings is 1. The van der Waals surface area contributed by atoms with E-state index in [1.807, 2.05) is 19.1 Å². The monoisotopic (exact) mass is 463 g/mol. The molecule has 0 N–H and O–H groups in total. The minimum Gasteiger partial charge on any atom is -0.612 e. The normalized spacial score (nSPS) is 21.7. The second kappa shape index (κ2) is 8.96. The summed E-state index contributed by atoms with van der Waals surface area (Å²) in [6.07, 6.45) is 2.65. The van der Waals surface area contributed by atoms with Crippen LogP contribution < -0.4 is 4.74 Å². The topological polar surface area (TPSA) is 126 Å². The maximum atomic E-state index is 12.4. The van der Waals surface area contributed by atoms with Gasteiger partial charge in [-0.25, -0.2) is 4.79 Å². The molecule has 2 atom stereocenters. The van der Waals surface area contributed by atoms with Crippen LogP contribution in [0, 0.1) is 10.1 Å². The van der Waals surface area contributed by atoms with Crippen LogP contribution >= 0.6 is 0 Å².